The highest BCUT2D eigenvalue weighted by molar-refractivity contribution is 5.49. The fourth-order valence-corrected chi connectivity index (χ4v) is 3.37. The Morgan fingerprint density at radius 2 is 1.46 bits per heavy atom. The summed E-state index contributed by atoms with van der Waals surface area (Å²) in [5, 5.41) is 11.2. The molecule has 0 aromatic heterocycles. The van der Waals surface area contributed by atoms with Gasteiger partial charge in [-0.1, -0.05) is 36.8 Å². The fraction of sp³-hybridized carbons (Fsp3) is 0.429. The molecule has 0 bridgehead atoms. The average molecular weight is 323 g/mol. The second kappa shape index (κ2) is 8.74. The van der Waals surface area contributed by atoms with Crippen LogP contribution in [0.1, 0.15) is 24.8 Å². The molecule has 0 N–H and O–H groups in total. The minimum atomic E-state index is 0.0906. The largest absolute Gasteiger partial charge is 0.369 e. The molecule has 1 saturated heterocycles. The number of hydrogen-bond donors (Lipinski definition) is 0. The van der Waals surface area contributed by atoms with E-state index in [0.29, 0.717) is 0 Å². The van der Waals surface area contributed by atoms with Crippen LogP contribution in [-0.2, 0) is 11.5 Å². The second-order valence-corrected chi connectivity index (χ2v) is 6.62. The van der Waals surface area contributed by atoms with Gasteiger partial charge >= 0.3 is 0 Å². The van der Waals surface area contributed by atoms with Crippen LogP contribution >= 0.6 is 0 Å². The summed E-state index contributed by atoms with van der Waals surface area (Å²) >= 11 is 0. The number of rotatable bonds is 7. The zero-order chi connectivity index (χ0) is 16.6. The van der Waals surface area contributed by atoms with Crippen molar-refractivity contribution in [1.82, 2.24) is 4.90 Å². The molecule has 1 heterocycles. The molecule has 127 valence electrons. The van der Waals surface area contributed by atoms with Gasteiger partial charge in [-0.3, -0.25) is 10.0 Å². The smallest absolute Gasteiger partial charge is 0.178 e. The van der Waals surface area contributed by atoms with Gasteiger partial charge in [0, 0.05) is 31.9 Å². The maximum absolute atomic E-state index is 11.2. The molecule has 0 saturated carbocycles. The highest BCUT2D eigenvalue weighted by Gasteiger charge is 2.16. The van der Waals surface area contributed by atoms with E-state index in [9.17, 15) is 5.11 Å². The third-order valence-corrected chi connectivity index (χ3v) is 4.86. The Hall–Kier alpha value is -2.00. The van der Waals surface area contributed by atoms with Gasteiger partial charge < -0.3 is 4.90 Å². The summed E-state index contributed by atoms with van der Waals surface area (Å²) in [5.74, 6) is 0.0906. The van der Waals surface area contributed by atoms with Gasteiger partial charge in [0.15, 0.2) is 5.75 Å². The Kier molecular flexibility index (Phi) is 6.13. The predicted octanol–water partition coefficient (Wildman–Crippen LogP) is 4.37. The molecule has 3 nitrogen and oxygen atoms in total. The lowest BCUT2D eigenvalue weighted by atomic mass is 10.1. The molecule has 24 heavy (non-hydrogen) atoms. The molecule has 1 aliphatic rings. The third-order valence-electron chi connectivity index (χ3n) is 4.86. The first-order chi connectivity index (χ1) is 11.8. The summed E-state index contributed by atoms with van der Waals surface area (Å²) in [6.45, 7) is 5.57. The van der Waals surface area contributed by atoms with Crippen LogP contribution in [0, 0.1) is 0 Å². The van der Waals surface area contributed by atoms with E-state index in [1.807, 2.05) is 12.1 Å². The Labute approximate surface area is 145 Å². The zero-order valence-corrected chi connectivity index (χ0v) is 14.4. The number of anilines is 1. The fourth-order valence-electron chi connectivity index (χ4n) is 3.37. The molecule has 0 spiro atoms. The van der Waals surface area contributed by atoms with Crippen LogP contribution in [0.5, 0.6) is 5.75 Å². The van der Waals surface area contributed by atoms with Crippen molar-refractivity contribution < 1.29 is 5.11 Å². The Bertz CT molecular complexity index is 589. The standard InChI is InChI=1S/C21H27N2O/c24-21-12-10-20(11-13-21)23-17-15-22(16-18-23)14-6-2-5-9-19-7-3-1-4-8-19/h1,3-4,7-8,10-13H,2,5-6,9,14-18H2. The van der Waals surface area contributed by atoms with Crippen molar-refractivity contribution in [2.24, 2.45) is 0 Å². The second-order valence-electron chi connectivity index (χ2n) is 6.62. The third kappa shape index (κ3) is 5.00. The van der Waals surface area contributed by atoms with Crippen molar-refractivity contribution in [1.29, 1.82) is 0 Å². The lowest BCUT2D eigenvalue weighted by Crippen LogP contribution is -2.46. The van der Waals surface area contributed by atoms with E-state index in [-0.39, 0.29) is 5.75 Å². The molecule has 1 fully saturated rings. The first-order valence-electron chi connectivity index (χ1n) is 9.09. The van der Waals surface area contributed by atoms with Crippen molar-refractivity contribution in [2.75, 3.05) is 37.6 Å². The summed E-state index contributed by atoms with van der Waals surface area (Å²) in [6.07, 6.45) is 5.08. The van der Waals surface area contributed by atoms with E-state index in [0.717, 1.165) is 26.2 Å². The normalized spacial score (nSPS) is 15.6. The molecule has 1 radical (unpaired) electrons. The van der Waals surface area contributed by atoms with Gasteiger partial charge in [0.05, 0.1) is 0 Å². The van der Waals surface area contributed by atoms with Gasteiger partial charge in [-0.2, -0.15) is 0 Å². The number of hydrogen-bond acceptors (Lipinski definition) is 2. The van der Waals surface area contributed by atoms with Crippen LogP contribution in [0.4, 0.5) is 5.69 Å². The highest BCUT2D eigenvalue weighted by Crippen LogP contribution is 2.20. The Balaban J connectivity index is 1.30. The first kappa shape index (κ1) is 16.8. The maximum Gasteiger partial charge on any atom is 0.178 e. The number of piperazine rings is 1. The van der Waals surface area contributed by atoms with Crippen molar-refractivity contribution in [2.45, 2.75) is 25.7 Å². The molecule has 0 unspecified atom stereocenters. The lowest BCUT2D eigenvalue weighted by Gasteiger charge is -2.36. The summed E-state index contributed by atoms with van der Waals surface area (Å²) in [5.41, 5.74) is 2.63. The van der Waals surface area contributed by atoms with E-state index >= 15 is 0 Å². The molecule has 1 aliphatic heterocycles. The van der Waals surface area contributed by atoms with Crippen LogP contribution < -0.4 is 4.90 Å². The van der Waals surface area contributed by atoms with Gasteiger partial charge in [-0.15, -0.1) is 0 Å². The summed E-state index contributed by atoms with van der Waals surface area (Å²) < 4.78 is 0. The van der Waals surface area contributed by atoms with Crippen LogP contribution in [0.2, 0.25) is 0 Å². The van der Waals surface area contributed by atoms with Crippen molar-refractivity contribution in [3.63, 3.8) is 0 Å². The predicted molar refractivity (Wildman–Crippen MR) is 99.2 cm³/mol. The van der Waals surface area contributed by atoms with E-state index in [1.165, 1.54) is 43.5 Å². The van der Waals surface area contributed by atoms with Gasteiger partial charge in [-0.05, 0) is 55.6 Å². The number of benzene rings is 2. The molecular formula is C21H27N2O. The highest BCUT2D eigenvalue weighted by atomic mass is 16.3. The van der Waals surface area contributed by atoms with Crippen LogP contribution in [0.15, 0.2) is 54.6 Å². The number of unbranched alkanes of at least 4 members (excludes halogenated alkanes) is 2. The van der Waals surface area contributed by atoms with Crippen molar-refractivity contribution in [3.05, 3.63) is 60.2 Å². The average Bonchev–Trinajstić information content (AvgIpc) is 2.64. The van der Waals surface area contributed by atoms with Crippen LogP contribution in [-0.4, -0.2) is 37.6 Å². The van der Waals surface area contributed by atoms with Gasteiger partial charge in [0.2, 0.25) is 0 Å². The Morgan fingerprint density at radius 3 is 2.17 bits per heavy atom. The summed E-state index contributed by atoms with van der Waals surface area (Å²) in [7, 11) is 0. The number of aryl methyl sites for hydroxylation is 1. The van der Waals surface area contributed by atoms with Crippen LogP contribution in [0.3, 0.4) is 0 Å². The van der Waals surface area contributed by atoms with Gasteiger partial charge in [-0.25, -0.2) is 0 Å². The molecular weight excluding hydrogens is 296 g/mol. The minimum Gasteiger partial charge on any atom is -0.369 e. The lowest BCUT2D eigenvalue weighted by molar-refractivity contribution is 0.252. The molecule has 0 aliphatic carbocycles. The van der Waals surface area contributed by atoms with Crippen molar-refractivity contribution >= 4 is 5.69 Å². The summed E-state index contributed by atoms with van der Waals surface area (Å²) in [6, 6.07) is 18.0. The van der Waals surface area contributed by atoms with Crippen molar-refractivity contribution in [3.8, 4) is 5.75 Å². The minimum absolute atomic E-state index is 0.0906. The molecule has 3 heteroatoms. The molecule has 3 rings (SSSR count). The first-order valence-corrected chi connectivity index (χ1v) is 9.09. The Morgan fingerprint density at radius 1 is 0.750 bits per heavy atom. The molecule has 2 aromatic carbocycles. The molecule has 0 amide bonds. The van der Waals surface area contributed by atoms with E-state index in [1.54, 1.807) is 12.1 Å². The maximum atomic E-state index is 11.2. The number of nitrogens with zero attached hydrogens (tertiary/aromatic N) is 2. The topological polar surface area (TPSA) is 26.4 Å². The zero-order valence-electron chi connectivity index (χ0n) is 14.4. The van der Waals surface area contributed by atoms with E-state index in [4.69, 9.17) is 0 Å². The molecule has 2 aromatic rings. The quantitative estimate of drug-likeness (QED) is 0.708. The van der Waals surface area contributed by atoms with E-state index < -0.39 is 0 Å². The van der Waals surface area contributed by atoms with Gasteiger partial charge in [0.1, 0.15) is 0 Å². The van der Waals surface area contributed by atoms with E-state index in [2.05, 4.69) is 40.1 Å². The monoisotopic (exact) mass is 323 g/mol. The van der Waals surface area contributed by atoms with Crippen LogP contribution in [0.25, 0.3) is 0 Å². The molecule has 0 atom stereocenters. The summed E-state index contributed by atoms with van der Waals surface area (Å²) in [4.78, 5) is 4.95. The van der Waals surface area contributed by atoms with Gasteiger partial charge in [0.25, 0.3) is 0 Å². The SMILES string of the molecule is [O]c1ccc(N2CCN(CCCCCc3ccccc3)CC2)cc1.